The molecule has 0 saturated carbocycles. The van der Waals surface area contributed by atoms with Crippen LogP contribution >= 0.6 is 0 Å². The van der Waals surface area contributed by atoms with Crippen LogP contribution in [0.1, 0.15) is 49.2 Å². The number of hydrogen-bond donors (Lipinski definition) is 1. The van der Waals surface area contributed by atoms with E-state index in [4.69, 9.17) is 9.47 Å². The largest absolute Gasteiger partial charge is 0.492 e. The van der Waals surface area contributed by atoms with Crippen LogP contribution in [0.4, 0.5) is 5.69 Å². The summed E-state index contributed by atoms with van der Waals surface area (Å²) < 4.78 is 38.2. The third-order valence-electron chi connectivity index (χ3n) is 5.00. The lowest BCUT2D eigenvalue weighted by atomic mass is 10.0. The zero-order valence-electron chi connectivity index (χ0n) is 17.8. The fourth-order valence-electron chi connectivity index (χ4n) is 3.52. The Kier molecular flexibility index (Phi) is 6.97. The van der Waals surface area contributed by atoms with E-state index in [0.717, 1.165) is 0 Å². The van der Waals surface area contributed by atoms with E-state index >= 15 is 0 Å². The smallest absolute Gasteiger partial charge is 0.339 e. The highest BCUT2D eigenvalue weighted by atomic mass is 32.2. The third kappa shape index (κ3) is 4.72. The summed E-state index contributed by atoms with van der Waals surface area (Å²) in [6.07, 6.45) is -0.751. The normalized spacial score (nSPS) is 15.5. The molecule has 0 aliphatic carbocycles. The van der Waals surface area contributed by atoms with Gasteiger partial charge < -0.3 is 14.8 Å². The number of sulfonamides is 1. The number of rotatable bonds is 9. The molecule has 1 heterocycles. The van der Waals surface area contributed by atoms with Crippen LogP contribution in [-0.2, 0) is 19.6 Å². The van der Waals surface area contributed by atoms with Gasteiger partial charge in [-0.25, -0.2) is 13.2 Å². The van der Waals surface area contributed by atoms with E-state index in [-0.39, 0.29) is 17.1 Å². The fraction of sp³-hybridized carbons (Fsp3) is 0.364. The van der Waals surface area contributed by atoms with E-state index in [1.807, 2.05) is 0 Å². The number of cyclic esters (lactones) is 1. The second-order valence-corrected chi connectivity index (χ2v) is 8.82. The number of esters is 1. The quantitative estimate of drug-likeness (QED) is 0.593. The van der Waals surface area contributed by atoms with Gasteiger partial charge in [0.25, 0.3) is 0 Å². The van der Waals surface area contributed by atoms with Crippen molar-refractivity contribution < 1.29 is 27.5 Å². The average Bonchev–Trinajstić information content (AvgIpc) is 3.05. The molecule has 3 rings (SSSR count). The first-order valence-electron chi connectivity index (χ1n) is 10.2. The predicted octanol–water partition coefficient (Wildman–Crippen LogP) is 3.36. The summed E-state index contributed by atoms with van der Waals surface area (Å²) in [6.45, 7) is 6.21. The van der Waals surface area contributed by atoms with E-state index in [1.54, 1.807) is 51.1 Å². The Bertz CT molecular complexity index is 1080. The summed E-state index contributed by atoms with van der Waals surface area (Å²) in [5, 5.41) is 2.70. The molecular formula is C22H26N2O6S. The molecule has 31 heavy (non-hydrogen) atoms. The van der Waals surface area contributed by atoms with Crippen LogP contribution in [0.3, 0.4) is 0 Å². The molecule has 1 unspecified atom stereocenters. The molecule has 2 aromatic carbocycles. The van der Waals surface area contributed by atoms with Crippen LogP contribution in [0.5, 0.6) is 5.75 Å². The minimum atomic E-state index is -3.79. The summed E-state index contributed by atoms with van der Waals surface area (Å²) >= 11 is 0. The zero-order valence-corrected chi connectivity index (χ0v) is 18.6. The van der Waals surface area contributed by atoms with Crippen molar-refractivity contribution in [3.8, 4) is 5.75 Å². The van der Waals surface area contributed by atoms with Crippen molar-refractivity contribution in [2.45, 2.75) is 38.2 Å². The molecule has 8 nitrogen and oxygen atoms in total. The lowest BCUT2D eigenvalue weighted by molar-refractivity contribution is -0.118. The van der Waals surface area contributed by atoms with Crippen molar-refractivity contribution in [3.05, 3.63) is 53.6 Å². The Balaban J connectivity index is 1.82. The maximum Gasteiger partial charge on any atom is 0.339 e. The van der Waals surface area contributed by atoms with Gasteiger partial charge in [0.05, 0.1) is 18.6 Å². The fourth-order valence-corrected chi connectivity index (χ4v) is 5.13. The summed E-state index contributed by atoms with van der Waals surface area (Å²) in [5.74, 6) is -0.627. The van der Waals surface area contributed by atoms with Crippen LogP contribution in [0, 0.1) is 0 Å². The molecule has 166 valence electrons. The van der Waals surface area contributed by atoms with Gasteiger partial charge in [0.15, 0.2) is 0 Å². The number of nitrogens with zero attached hydrogens (tertiary/aromatic N) is 1. The van der Waals surface area contributed by atoms with Gasteiger partial charge in [-0.05, 0) is 31.2 Å². The Morgan fingerprint density at radius 1 is 1.13 bits per heavy atom. The number of anilines is 1. The first-order valence-corrected chi connectivity index (χ1v) is 11.6. The van der Waals surface area contributed by atoms with Gasteiger partial charge in [-0.15, -0.1) is 0 Å². The van der Waals surface area contributed by atoms with Crippen molar-refractivity contribution in [1.82, 2.24) is 4.31 Å². The third-order valence-corrected chi connectivity index (χ3v) is 7.07. The molecule has 0 saturated heterocycles. The van der Waals surface area contributed by atoms with Gasteiger partial charge in [0.1, 0.15) is 16.7 Å². The SMILES string of the molecule is CCOc1ccc(NC(=O)CC2OC(=O)c3ccccc32)cc1S(=O)(=O)N(CC)CC. The van der Waals surface area contributed by atoms with Crippen molar-refractivity contribution in [2.24, 2.45) is 0 Å². The lowest BCUT2D eigenvalue weighted by Crippen LogP contribution is -2.31. The molecule has 1 amide bonds. The number of benzene rings is 2. The summed E-state index contributed by atoms with van der Waals surface area (Å²) in [6, 6.07) is 11.4. The minimum absolute atomic E-state index is 0.00603. The predicted molar refractivity (Wildman–Crippen MR) is 116 cm³/mol. The zero-order chi connectivity index (χ0) is 22.6. The van der Waals surface area contributed by atoms with Crippen LogP contribution in [0.2, 0.25) is 0 Å². The molecule has 1 N–H and O–H groups in total. The van der Waals surface area contributed by atoms with Gasteiger partial charge >= 0.3 is 5.97 Å². The second-order valence-electron chi connectivity index (χ2n) is 6.92. The van der Waals surface area contributed by atoms with E-state index in [0.29, 0.717) is 36.5 Å². The van der Waals surface area contributed by atoms with Crippen LogP contribution in [0.25, 0.3) is 0 Å². The maximum absolute atomic E-state index is 13.1. The average molecular weight is 447 g/mol. The molecule has 0 bridgehead atoms. The van der Waals surface area contributed by atoms with E-state index in [2.05, 4.69) is 5.32 Å². The van der Waals surface area contributed by atoms with Gasteiger partial charge in [-0.1, -0.05) is 32.0 Å². The van der Waals surface area contributed by atoms with Gasteiger partial charge in [-0.3, -0.25) is 4.79 Å². The van der Waals surface area contributed by atoms with Crippen molar-refractivity contribution in [1.29, 1.82) is 0 Å². The van der Waals surface area contributed by atoms with Crippen molar-refractivity contribution in [2.75, 3.05) is 25.0 Å². The van der Waals surface area contributed by atoms with Crippen LogP contribution in [0.15, 0.2) is 47.4 Å². The Morgan fingerprint density at radius 2 is 1.84 bits per heavy atom. The highest BCUT2D eigenvalue weighted by molar-refractivity contribution is 7.89. The first-order chi connectivity index (χ1) is 14.8. The number of ether oxygens (including phenoxy) is 2. The van der Waals surface area contributed by atoms with Crippen LogP contribution in [-0.4, -0.2) is 44.3 Å². The van der Waals surface area contributed by atoms with E-state index < -0.39 is 28.0 Å². The van der Waals surface area contributed by atoms with Gasteiger partial charge in [0.2, 0.25) is 15.9 Å². The highest BCUT2D eigenvalue weighted by Gasteiger charge is 2.32. The second kappa shape index (κ2) is 9.49. The molecule has 0 fully saturated rings. The molecule has 1 aliphatic heterocycles. The molecule has 0 radical (unpaired) electrons. The summed E-state index contributed by atoms with van der Waals surface area (Å²) in [7, 11) is -3.79. The van der Waals surface area contributed by atoms with Gasteiger partial charge in [0, 0.05) is 24.3 Å². The number of carbonyl (C=O) groups is 2. The maximum atomic E-state index is 13.1. The van der Waals surface area contributed by atoms with E-state index in [1.165, 1.54) is 16.4 Å². The monoisotopic (exact) mass is 446 g/mol. The molecular weight excluding hydrogens is 420 g/mol. The number of fused-ring (bicyclic) bond motifs is 1. The molecule has 0 aromatic heterocycles. The molecule has 9 heteroatoms. The number of nitrogens with one attached hydrogen (secondary N) is 1. The number of amides is 1. The molecule has 1 atom stereocenters. The Morgan fingerprint density at radius 3 is 2.52 bits per heavy atom. The Labute approximate surface area is 182 Å². The number of hydrogen-bond acceptors (Lipinski definition) is 6. The van der Waals surface area contributed by atoms with E-state index in [9.17, 15) is 18.0 Å². The highest BCUT2D eigenvalue weighted by Crippen LogP contribution is 2.34. The summed E-state index contributed by atoms with van der Waals surface area (Å²) in [4.78, 5) is 24.6. The lowest BCUT2D eigenvalue weighted by Gasteiger charge is -2.21. The van der Waals surface area contributed by atoms with Crippen molar-refractivity contribution in [3.63, 3.8) is 0 Å². The Hall–Kier alpha value is -2.91. The topological polar surface area (TPSA) is 102 Å². The van der Waals surface area contributed by atoms with Crippen LogP contribution < -0.4 is 10.1 Å². The molecule has 0 spiro atoms. The van der Waals surface area contributed by atoms with Crippen molar-refractivity contribution >= 4 is 27.6 Å². The number of carbonyl (C=O) groups excluding carboxylic acids is 2. The molecule has 1 aliphatic rings. The first kappa shape index (κ1) is 22.8. The standard InChI is InChI=1S/C22H26N2O6S/c1-4-24(5-2)31(27,28)20-13-15(11-12-18(20)29-6-3)23-21(25)14-19-16-9-7-8-10-17(16)22(26)30-19/h7-13,19H,4-6,14H2,1-3H3,(H,23,25). The van der Waals surface area contributed by atoms with Gasteiger partial charge in [-0.2, -0.15) is 4.31 Å². The minimum Gasteiger partial charge on any atom is -0.492 e. The summed E-state index contributed by atoms with van der Waals surface area (Å²) in [5.41, 5.74) is 1.44. The molecule has 2 aromatic rings.